The van der Waals surface area contributed by atoms with E-state index in [2.05, 4.69) is 0 Å². The van der Waals surface area contributed by atoms with E-state index in [0.717, 1.165) is 22.9 Å². The van der Waals surface area contributed by atoms with Gasteiger partial charge in [0.25, 0.3) is 11.1 Å². The Morgan fingerprint density at radius 1 is 1.06 bits per heavy atom. The second-order valence-electron chi connectivity index (χ2n) is 7.90. The van der Waals surface area contributed by atoms with Gasteiger partial charge in [0, 0.05) is 5.56 Å². The number of carbonyl (C=O) groups excluding carboxylic acids is 2. The summed E-state index contributed by atoms with van der Waals surface area (Å²) in [5, 5.41) is -0.0831. The molecule has 0 bridgehead atoms. The molecule has 8 heteroatoms. The largest absolute Gasteiger partial charge is 0.490 e. The van der Waals surface area contributed by atoms with Gasteiger partial charge in [-0.3, -0.25) is 14.5 Å². The minimum atomic E-state index is -0.375. The van der Waals surface area contributed by atoms with Crippen molar-refractivity contribution in [1.29, 1.82) is 0 Å². The minimum Gasteiger partial charge on any atom is -0.490 e. The number of thioether (sulfide) groups is 1. The zero-order valence-corrected chi connectivity index (χ0v) is 20.8. The number of halogens is 2. The third-order valence-corrected chi connectivity index (χ3v) is 6.48. The van der Waals surface area contributed by atoms with Gasteiger partial charge < -0.3 is 9.47 Å². The molecule has 1 saturated heterocycles. The van der Waals surface area contributed by atoms with E-state index in [1.165, 1.54) is 11.0 Å². The molecule has 0 spiro atoms. The van der Waals surface area contributed by atoms with Crippen molar-refractivity contribution in [1.82, 2.24) is 4.90 Å². The monoisotopic (exact) mass is 511 g/mol. The molecule has 4 rings (SSSR count). The number of ether oxygens (including phenoxy) is 2. The van der Waals surface area contributed by atoms with E-state index in [4.69, 9.17) is 21.1 Å². The Labute approximate surface area is 212 Å². The zero-order valence-electron chi connectivity index (χ0n) is 19.2. The van der Waals surface area contributed by atoms with Crippen molar-refractivity contribution in [3.63, 3.8) is 0 Å². The van der Waals surface area contributed by atoms with Gasteiger partial charge in [0.2, 0.25) is 0 Å². The summed E-state index contributed by atoms with van der Waals surface area (Å²) < 4.78 is 25.5. The van der Waals surface area contributed by atoms with Crippen LogP contribution >= 0.6 is 23.4 Å². The molecule has 35 heavy (non-hydrogen) atoms. The lowest BCUT2D eigenvalue weighted by Crippen LogP contribution is -2.27. The van der Waals surface area contributed by atoms with E-state index >= 15 is 0 Å². The lowest BCUT2D eigenvalue weighted by atomic mass is 10.1. The number of nitrogens with zero attached hydrogens (tertiary/aromatic N) is 1. The van der Waals surface area contributed by atoms with Gasteiger partial charge in [0.15, 0.2) is 11.5 Å². The van der Waals surface area contributed by atoms with E-state index in [-0.39, 0.29) is 40.9 Å². The lowest BCUT2D eigenvalue weighted by Gasteiger charge is -2.15. The van der Waals surface area contributed by atoms with Crippen LogP contribution < -0.4 is 9.47 Å². The van der Waals surface area contributed by atoms with Crippen LogP contribution in [0.15, 0.2) is 65.6 Å². The molecule has 1 fully saturated rings. The first-order valence-electron chi connectivity index (χ1n) is 11.0. The summed E-state index contributed by atoms with van der Waals surface area (Å²) in [4.78, 5) is 27.0. The van der Waals surface area contributed by atoms with Crippen LogP contribution in [0.2, 0.25) is 5.02 Å². The van der Waals surface area contributed by atoms with Crippen LogP contribution in [-0.2, 0) is 17.9 Å². The minimum absolute atomic E-state index is 0.0241. The molecule has 5 nitrogen and oxygen atoms in total. The summed E-state index contributed by atoms with van der Waals surface area (Å²) in [6.07, 6.45) is 1.61. The van der Waals surface area contributed by atoms with Crippen molar-refractivity contribution in [3.8, 4) is 11.5 Å². The molecular formula is C27H23ClFNO4S. The fourth-order valence-electron chi connectivity index (χ4n) is 3.50. The van der Waals surface area contributed by atoms with Crippen LogP contribution in [0, 0.1) is 12.7 Å². The van der Waals surface area contributed by atoms with Crippen molar-refractivity contribution in [2.75, 3.05) is 6.61 Å². The molecule has 2 amide bonds. The first-order valence-corrected chi connectivity index (χ1v) is 12.2. The summed E-state index contributed by atoms with van der Waals surface area (Å²) in [7, 11) is 0. The Balaban J connectivity index is 1.55. The van der Waals surface area contributed by atoms with Crippen molar-refractivity contribution >= 4 is 40.6 Å². The van der Waals surface area contributed by atoms with Crippen molar-refractivity contribution < 1.29 is 23.5 Å². The zero-order chi connectivity index (χ0) is 24.9. The van der Waals surface area contributed by atoms with E-state index in [9.17, 15) is 14.0 Å². The molecule has 1 aliphatic heterocycles. The lowest BCUT2D eigenvalue weighted by molar-refractivity contribution is -0.123. The van der Waals surface area contributed by atoms with Crippen molar-refractivity contribution in [3.05, 3.63) is 98.7 Å². The Bertz CT molecular complexity index is 1290. The van der Waals surface area contributed by atoms with Gasteiger partial charge >= 0.3 is 0 Å². The Morgan fingerprint density at radius 2 is 1.80 bits per heavy atom. The Hall–Kier alpha value is -3.29. The molecule has 3 aromatic rings. The molecule has 0 saturated carbocycles. The predicted molar refractivity (Wildman–Crippen MR) is 136 cm³/mol. The Kier molecular flexibility index (Phi) is 7.78. The number of imide groups is 1. The van der Waals surface area contributed by atoms with Crippen LogP contribution in [0.5, 0.6) is 11.5 Å². The van der Waals surface area contributed by atoms with E-state index < -0.39 is 0 Å². The standard InChI is InChI=1S/C27H23ClFNO4S/c1-3-33-23-13-19(12-21(28)25(23)34-16-20-6-4-5-7-22(20)29)14-24-26(31)30(27(32)35-24)15-18-10-8-17(2)9-11-18/h4-14H,3,15-16H2,1-2H3/b24-14-. The molecule has 0 unspecified atom stereocenters. The molecule has 1 heterocycles. The maximum Gasteiger partial charge on any atom is 0.293 e. The fourth-order valence-corrected chi connectivity index (χ4v) is 4.62. The smallest absolute Gasteiger partial charge is 0.293 e. The summed E-state index contributed by atoms with van der Waals surface area (Å²) in [5.41, 5.74) is 2.94. The van der Waals surface area contributed by atoms with E-state index in [0.29, 0.717) is 28.4 Å². The maximum absolute atomic E-state index is 14.0. The number of amides is 2. The number of hydrogen-bond acceptors (Lipinski definition) is 5. The molecule has 0 N–H and O–H groups in total. The highest BCUT2D eigenvalue weighted by molar-refractivity contribution is 8.18. The van der Waals surface area contributed by atoms with Gasteiger partial charge in [-0.1, -0.05) is 59.6 Å². The maximum atomic E-state index is 14.0. The van der Waals surface area contributed by atoms with Gasteiger partial charge in [-0.15, -0.1) is 0 Å². The third kappa shape index (κ3) is 5.86. The number of carbonyl (C=O) groups is 2. The van der Waals surface area contributed by atoms with Gasteiger partial charge in [-0.05, 0) is 61.0 Å². The van der Waals surface area contributed by atoms with Gasteiger partial charge in [0.05, 0.1) is 23.1 Å². The number of hydrogen-bond donors (Lipinski definition) is 0. The second kappa shape index (κ2) is 11.0. The van der Waals surface area contributed by atoms with Gasteiger partial charge in [-0.2, -0.15) is 0 Å². The van der Waals surface area contributed by atoms with Crippen molar-refractivity contribution in [2.45, 2.75) is 27.0 Å². The van der Waals surface area contributed by atoms with Crippen LogP contribution in [-0.4, -0.2) is 22.7 Å². The molecule has 1 aliphatic rings. The van der Waals surface area contributed by atoms with Crippen molar-refractivity contribution in [2.24, 2.45) is 0 Å². The van der Waals surface area contributed by atoms with Gasteiger partial charge in [-0.25, -0.2) is 4.39 Å². The average Bonchev–Trinajstić information content (AvgIpc) is 3.08. The highest BCUT2D eigenvalue weighted by atomic mass is 35.5. The molecule has 0 radical (unpaired) electrons. The highest BCUT2D eigenvalue weighted by Gasteiger charge is 2.35. The molecule has 0 aliphatic carbocycles. The first-order chi connectivity index (χ1) is 16.9. The molecule has 3 aromatic carbocycles. The van der Waals surface area contributed by atoms with Crippen LogP contribution in [0.3, 0.4) is 0 Å². The fraction of sp³-hybridized carbons (Fsp3) is 0.185. The number of rotatable bonds is 8. The highest BCUT2D eigenvalue weighted by Crippen LogP contribution is 2.40. The first kappa shape index (κ1) is 24.8. The van der Waals surface area contributed by atoms with Crippen LogP contribution in [0.1, 0.15) is 29.2 Å². The average molecular weight is 512 g/mol. The predicted octanol–water partition coefficient (Wildman–Crippen LogP) is 7.00. The summed E-state index contributed by atoms with van der Waals surface area (Å²) in [6.45, 7) is 4.32. The quantitative estimate of drug-likeness (QED) is 0.305. The molecule has 0 aromatic heterocycles. The number of benzene rings is 3. The summed E-state index contributed by atoms with van der Waals surface area (Å²) in [6, 6.07) is 17.3. The SMILES string of the molecule is CCOc1cc(/C=C2\SC(=O)N(Cc3ccc(C)cc3)C2=O)cc(Cl)c1OCc1ccccc1F. The third-order valence-electron chi connectivity index (χ3n) is 5.29. The molecule has 0 atom stereocenters. The normalized spacial score (nSPS) is 14.6. The van der Waals surface area contributed by atoms with Gasteiger partial charge in [0.1, 0.15) is 12.4 Å². The van der Waals surface area contributed by atoms with Crippen LogP contribution in [0.25, 0.3) is 6.08 Å². The molecule has 180 valence electrons. The number of aryl methyl sites for hydroxylation is 1. The summed E-state index contributed by atoms with van der Waals surface area (Å²) >= 11 is 7.36. The second-order valence-corrected chi connectivity index (χ2v) is 9.30. The van der Waals surface area contributed by atoms with E-state index in [1.807, 2.05) is 38.1 Å². The van der Waals surface area contributed by atoms with E-state index in [1.54, 1.807) is 36.4 Å². The molecular weight excluding hydrogens is 489 g/mol. The summed E-state index contributed by atoms with van der Waals surface area (Å²) in [5.74, 6) is -0.100. The Morgan fingerprint density at radius 3 is 2.51 bits per heavy atom. The van der Waals surface area contributed by atoms with Crippen LogP contribution in [0.4, 0.5) is 9.18 Å². The topological polar surface area (TPSA) is 55.8 Å².